The topological polar surface area (TPSA) is 144 Å². The van der Waals surface area contributed by atoms with Gasteiger partial charge in [-0.1, -0.05) is 36.9 Å². The van der Waals surface area contributed by atoms with Gasteiger partial charge in [-0.05, 0) is 43.4 Å². The van der Waals surface area contributed by atoms with Gasteiger partial charge in [0.1, 0.15) is 35.4 Å². The molecule has 0 spiro atoms. The number of nitriles is 2. The van der Waals surface area contributed by atoms with Crippen LogP contribution in [0.3, 0.4) is 0 Å². The van der Waals surface area contributed by atoms with E-state index in [0.29, 0.717) is 58.8 Å². The summed E-state index contributed by atoms with van der Waals surface area (Å²) >= 11 is 1.05. The molecule has 1 aliphatic heterocycles. The van der Waals surface area contributed by atoms with E-state index in [1.165, 1.54) is 0 Å². The third kappa shape index (κ3) is 5.23. The first-order valence-corrected chi connectivity index (χ1v) is 14.0. The van der Waals surface area contributed by atoms with Crippen LogP contribution in [0.5, 0.6) is 0 Å². The van der Waals surface area contributed by atoms with Gasteiger partial charge in [-0.15, -0.1) is 0 Å². The van der Waals surface area contributed by atoms with Crippen molar-refractivity contribution in [3.63, 3.8) is 0 Å². The Morgan fingerprint density at radius 1 is 1.36 bits per heavy atom. The van der Waals surface area contributed by atoms with Crippen LogP contribution < -0.4 is 15.9 Å². The Labute approximate surface area is 197 Å². The van der Waals surface area contributed by atoms with Gasteiger partial charge in [0.05, 0.1) is 17.2 Å². The van der Waals surface area contributed by atoms with Crippen molar-refractivity contribution in [2.24, 2.45) is 5.73 Å². The van der Waals surface area contributed by atoms with Crippen molar-refractivity contribution in [3.8, 4) is 12.1 Å². The van der Waals surface area contributed by atoms with Crippen molar-refractivity contribution in [1.29, 1.82) is 10.5 Å². The van der Waals surface area contributed by atoms with Crippen molar-refractivity contribution in [2.75, 3.05) is 31.3 Å². The van der Waals surface area contributed by atoms with E-state index >= 15 is 0 Å². The standard InChI is InChI=1S/C23H26N5O3PS/c1-4-17-18(11-24)22(28-9-8-15(29)13-28)27-23(19(17)12-25)33-20(21(26)30)14-6-5-7-16(10-14)32(2,3)31/h5-7,10,15,20,29H,4,8-9,13H2,1-3H3,(H2,26,30). The zero-order chi connectivity index (χ0) is 24.3. The highest BCUT2D eigenvalue weighted by atomic mass is 32.2. The summed E-state index contributed by atoms with van der Waals surface area (Å²) in [6.07, 6.45) is 0.466. The fourth-order valence-electron chi connectivity index (χ4n) is 3.86. The molecule has 33 heavy (non-hydrogen) atoms. The number of thioether (sulfide) groups is 1. The van der Waals surface area contributed by atoms with Crippen molar-refractivity contribution < 1.29 is 14.5 Å². The lowest BCUT2D eigenvalue weighted by Gasteiger charge is -2.23. The Balaban J connectivity index is 2.14. The first-order valence-electron chi connectivity index (χ1n) is 10.5. The van der Waals surface area contributed by atoms with Gasteiger partial charge in [0, 0.05) is 18.4 Å². The number of hydrogen-bond acceptors (Lipinski definition) is 8. The minimum Gasteiger partial charge on any atom is -0.391 e. The van der Waals surface area contributed by atoms with E-state index in [1.54, 1.807) is 37.6 Å². The van der Waals surface area contributed by atoms with Crippen LogP contribution in [0.1, 0.15) is 40.8 Å². The third-order valence-electron chi connectivity index (χ3n) is 5.57. The summed E-state index contributed by atoms with van der Waals surface area (Å²) in [4.78, 5) is 18.9. The van der Waals surface area contributed by atoms with Crippen LogP contribution in [-0.2, 0) is 15.8 Å². The van der Waals surface area contributed by atoms with Crippen LogP contribution in [0.15, 0.2) is 29.3 Å². The smallest absolute Gasteiger partial charge is 0.235 e. The number of aliphatic hydroxyl groups excluding tert-OH is 1. The fraction of sp³-hybridized carbons (Fsp3) is 0.391. The number of rotatable bonds is 7. The van der Waals surface area contributed by atoms with Gasteiger partial charge in [0.15, 0.2) is 0 Å². The number of nitrogens with two attached hydrogens (primary N) is 1. The van der Waals surface area contributed by atoms with E-state index in [0.717, 1.165) is 11.8 Å². The maximum atomic E-state index is 12.6. The SMILES string of the molecule is CCc1c(C#N)c(SC(C(N)=O)c2cccc(P(C)(C)=O)c2)nc(N2CCC(O)C2)c1C#N. The molecule has 172 valence electrons. The molecule has 2 unspecified atom stereocenters. The minimum atomic E-state index is -2.56. The summed E-state index contributed by atoms with van der Waals surface area (Å²) in [5, 5.41) is 29.8. The van der Waals surface area contributed by atoms with E-state index in [9.17, 15) is 25.0 Å². The Morgan fingerprint density at radius 3 is 2.58 bits per heavy atom. The second-order valence-electron chi connectivity index (χ2n) is 8.28. The molecule has 1 fully saturated rings. The highest BCUT2D eigenvalue weighted by molar-refractivity contribution is 8.00. The molecule has 8 nitrogen and oxygen atoms in total. The molecule has 1 aromatic carbocycles. The number of carbonyl (C=O) groups excluding carboxylic acids is 1. The normalized spacial score (nSPS) is 16.8. The molecule has 10 heteroatoms. The number of primary amides is 1. The number of aromatic nitrogens is 1. The highest BCUT2D eigenvalue weighted by Gasteiger charge is 2.30. The number of carbonyl (C=O) groups is 1. The van der Waals surface area contributed by atoms with Gasteiger partial charge >= 0.3 is 0 Å². The van der Waals surface area contributed by atoms with Gasteiger partial charge in [-0.2, -0.15) is 10.5 Å². The van der Waals surface area contributed by atoms with E-state index in [2.05, 4.69) is 17.1 Å². The molecule has 2 atom stereocenters. The van der Waals surface area contributed by atoms with Gasteiger partial charge in [-0.3, -0.25) is 4.79 Å². The van der Waals surface area contributed by atoms with Crippen LogP contribution in [0.4, 0.5) is 5.82 Å². The van der Waals surface area contributed by atoms with Gasteiger partial charge < -0.3 is 20.3 Å². The lowest BCUT2D eigenvalue weighted by molar-refractivity contribution is -0.117. The summed E-state index contributed by atoms with van der Waals surface area (Å²) in [6, 6.07) is 11.2. The molecule has 0 aliphatic carbocycles. The van der Waals surface area contributed by atoms with Crippen molar-refractivity contribution in [3.05, 3.63) is 46.5 Å². The molecular weight excluding hydrogens is 457 g/mol. The van der Waals surface area contributed by atoms with Gasteiger partial charge in [-0.25, -0.2) is 4.98 Å². The third-order valence-corrected chi connectivity index (χ3v) is 8.35. The first-order chi connectivity index (χ1) is 15.6. The first kappa shape index (κ1) is 24.8. The Hall–Kier alpha value is -2.84. The molecule has 1 saturated heterocycles. The van der Waals surface area contributed by atoms with Crippen LogP contribution in [0, 0.1) is 22.7 Å². The van der Waals surface area contributed by atoms with Crippen molar-refractivity contribution in [2.45, 2.75) is 36.1 Å². The number of nitrogens with zero attached hydrogens (tertiary/aromatic N) is 4. The Bertz CT molecular complexity index is 1210. The van der Waals surface area contributed by atoms with Gasteiger partial charge in [0.2, 0.25) is 5.91 Å². The number of benzene rings is 1. The van der Waals surface area contributed by atoms with Crippen LogP contribution in [0.2, 0.25) is 0 Å². The summed E-state index contributed by atoms with van der Waals surface area (Å²) in [6.45, 7) is 6.02. The number of amides is 1. The molecule has 0 radical (unpaired) electrons. The summed E-state index contributed by atoms with van der Waals surface area (Å²) in [5.41, 5.74) is 7.41. The van der Waals surface area contributed by atoms with Crippen molar-refractivity contribution >= 4 is 35.9 Å². The second kappa shape index (κ2) is 9.97. The lowest BCUT2D eigenvalue weighted by atomic mass is 10.0. The average Bonchev–Trinajstić information content (AvgIpc) is 3.21. The average molecular weight is 484 g/mol. The Kier molecular flexibility index (Phi) is 7.49. The van der Waals surface area contributed by atoms with E-state index in [1.807, 2.05) is 11.8 Å². The molecule has 1 aliphatic rings. The number of anilines is 1. The van der Waals surface area contributed by atoms with Crippen LogP contribution >= 0.6 is 18.9 Å². The summed E-state index contributed by atoms with van der Waals surface area (Å²) < 4.78 is 12.6. The molecule has 2 aromatic rings. The minimum absolute atomic E-state index is 0.238. The number of pyridine rings is 1. The Morgan fingerprint density at radius 2 is 2.06 bits per heavy atom. The molecule has 1 aromatic heterocycles. The zero-order valence-corrected chi connectivity index (χ0v) is 20.5. The lowest BCUT2D eigenvalue weighted by Crippen LogP contribution is -2.25. The summed E-state index contributed by atoms with van der Waals surface area (Å²) in [7, 11) is -2.56. The maximum absolute atomic E-state index is 12.6. The maximum Gasteiger partial charge on any atom is 0.235 e. The predicted molar refractivity (Wildman–Crippen MR) is 129 cm³/mol. The van der Waals surface area contributed by atoms with E-state index < -0.39 is 24.4 Å². The molecule has 3 rings (SSSR count). The largest absolute Gasteiger partial charge is 0.391 e. The van der Waals surface area contributed by atoms with Crippen LogP contribution in [-0.4, -0.2) is 48.5 Å². The van der Waals surface area contributed by atoms with E-state index in [4.69, 9.17) is 5.73 Å². The van der Waals surface area contributed by atoms with E-state index in [-0.39, 0.29) is 5.56 Å². The molecule has 1 amide bonds. The molecule has 0 saturated carbocycles. The number of aliphatic hydroxyl groups is 1. The highest BCUT2D eigenvalue weighted by Crippen LogP contribution is 2.41. The second-order valence-corrected chi connectivity index (χ2v) is 12.6. The quantitative estimate of drug-likeness (QED) is 0.452. The zero-order valence-electron chi connectivity index (χ0n) is 18.8. The molecule has 2 heterocycles. The molecule has 3 N–H and O–H groups in total. The predicted octanol–water partition coefficient (Wildman–Crippen LogP) is 2.53. The summed E-state index contributed by atoms with van der Waals surface area (Å²) in [5.74, 6) is -0.221. The van der Waals surface area contributed by atoms with Crippen LogP contribution in [0.25, 0.3) is 0 Å². The monoisotopic (exact) mass is 483 g/mol. The fourth-order valence-corrected chi connectivity index (χ4v) is 5.81. The molecular formula is C23H26N5O3PS. The number of β-amino-alcohol motifs (C(OH)–C–C–N with tert-alkyl or cyclic N) is 1. The van der Waals surface area contributed by atoms with Gasteiger partial charge in [0.25, 0.3) is 0 Å². The molecule has 0 bridgehead atoms. The number of hydrogen-bond donors (Lipinski definition) is 2. The van der Waals surface area contributed by atoms with Crippen molar-refractivity contribution in [1.82, 2.24) is 4.98 Å².